The third-order valence-corrected chi connectivity index (χ3v) is 22.1. The second kappa shape index (κ2) is 21.4. The Balaban J connectivity index is 0.913. The van der Waals surface area contributed by atoms with E-state index >= 15 is 0 Å². The third kappa shape index (κ3) is 8.36. The molecule has 0 amide bonds. The molecule has 0 unspecified atom stereocenters. The van der Waals surface area contributed by atoms with Crippen LogP contribution in [0.3, 0.4) is 0 Å². The molecule has 0 bridgehead atoms. The summed E-state index contributed by atoms with van der Waals surface area (Å²) in [6, 6.07) is 122. The van der Waals surface area contributed by atoms with Crippen molar-refractivity contribution in [1.82, 2.24) is 13.7 Å². The van der Waals surface area contributed by atoms with Gasteiger partial charge in [0.1, 0.15) is 0 Å². The molecule has 3 aromatic heterocycles. The first-order valence-electron chi connectivity index (χ1n) is 35.1. The van der Waals surface area contributed by atoms with E-state index in [1.165, 1.54) is 126 Å². The van der Waals surface area contributed by atoms with Gasteiger partial charge in [0.2, 0.25) is 0 Å². The number of anilines is 6. The number of aromatic nitrogens is 3. The Morgan fingerprint density at radius 3 is 1.10 bits per heavy atom. The van der Waals surface area contributed by atoms with Gasteiger partial charge >= 0.3 is 0 Å². The van der Waals surface area contributed by atoms with Crippen LogP contribution in [-0.2, 0) is 16.2 Å². The zero-order valence-electron chi connectivity index (χ0n) is 56.8. The van der Waals surface area contributed by atoms with Gasteiger partial charge in [0.05, 0.1) is 44.2 Å². The highest BCUT2D eigenvalue weighted by molar-refractivity contribution is 6.19. The van der Waals surface area contributed by atoms with Crippen molar-refractivity contribution in [2.75, 3.05) is 9.80 Å². The maximum atomic E-state index is 2.62. The van der Waals surface area contributed by atoms with Crippen LogP contribution < -0.4 is 9.80 Å². The first-order chi connectivity index (χ1) is 48.9. The average molecular weight is 1280 g/mol. The van der Waals surface area contributed by atoms with Crippen molar-refractivity contribution in [2.45, 2.75) is 57.8 Å². The maximum absolute atomic E-state index is 2.62. The summed E-state index contributed by atoms with van der Waals surface area (Å²) in [4.78, 5) is 5.05. The third-order valence-electron chi connectivity index (χ3n) is 22.1. The van der Waals surface area contributed by atoms with Crippen molar-refractivity contribution >= 4 is 121 Å². The van der Waals surface area contributed by atoms with Crippen LogP contribution in [0, 0.1) is 0 Å². The van der Waals surface area contributed by atoms with E-state index in [1.807, 2.05) is 0 Å². The lowest BCUT2D eigenvalue weighted by Gasteiger charge is -2.40. The lowest BCUT2D eigenvalue weighted by atomic mass is 9.65. The lowest BCUT2D eigenvalue weighted by molar-refractivity contribution is 0.590. The molecule has 1 aliphatic heterocycles. The number of hydrogen-bond donors (Lipinski definition) is 0. The van der Waals surface area contributed by atoms with Crippen LogP contribution in [0.15, 0.2) is 322 Å². The first kappa shape index (κ1) is 58.0. The van der Waals surface area contributed by atoms with Crippen LogP contribution in [0.25, 0.3) is 115 Å². The molecule has 5 heteroatoms. The van der Waals surface area contributed by atoms with Crippen molar-refractivity contribution < 1.29 is 0 Å². The minimum atomic E-state index is -0.777. The van der Waals surface area contributed by atoms with E-state index < -0.39 is 5.41 Å². The standard InChI is InChI=1S/C95H71N5/c1-93(2,3)62-39-43-66(44-40-62)96(68-47-52-86-76(55-68)74-31-17-20-34-84(74)98(86)64-25-9-7-10-26-64)69-49-54-88-78(57-69)79-58-71(97(67-45-41-63(42-46-67)94(4,5)6)70-48-53-87-77(56-70)75-32-18-21-35-85(75)99(87)65-27-11-8-12-28-65)59-83-92(79)100(88)89-36-22-19-33-80(89)95(83)81-50-37-60-23-13-15-29-72(60)90(81)91-73-30-16-14-24-61(73)38-51-82(91)95/h7-59H,1-6H3. The predicted octanol–water partition coefficient (Wildman–Crippen LogP) is 25.5. The summed E-state index contributed by atoms with van der Waals surface area (Å²) in [6.45, 7) is 13.8. The first-order valence-corrected chi connectivity index (χ1v) is 35.1. The minimum Gasteiger partial charge on any atom is -0.310 e. The largest absolute Gasteiger partial charge is 0.310 e. The fourth-order valence-corrected chi connectivity index (χ4v) is 17.5. The molecule has 2 aliphatic rings. The van der Waals surface area contributed by atoms with Gasteiger partial charge in [-0.1, -0.05) is 230 Å². The molecule has 5 nitrogen and oxygen atoms in total. The highest BCUT2D eigenvalue weighted by Gasteiger charge is 2.52. The van der Waals surface area contributed by atoms with Gasteiger partial charge in [-0.05, 0) is 210 Å². The average Bonchev–Trinajstić information content (AvgIpc) is 1.48. The van der Waals surface area contributed by atoms with E-state index in [2.05, 4.69) is 387 Å². The zero-order chi connectivity index (χ0) is 66.9. The number of benzene rings is 15. The Kier molecular flexibility index (Phi) is 12.4. The topological polar surface area (TPSA) is 21.3 Å². The Morgan fingerprint density at radius 1 is 0.250 bits per heavy atom. The van der Waals surface area contributed by atoms with Crippen molar-refractivity contribution in [3.8, 4) is 28.2 Å². The van der Waals surface area contributed by atoms with Crippen LogP contribution in [0.1, 0.15) is 74.9 Å². The summed E-state index contributed by atoms with van der Waals surface area (Å²) in [5, 5.41) is 12.1. The van der Waals surface area contributed by atoms with Crippen LogP contribution in [0.5, 0.6) is 0 Å². The number of nitrogens with zero attached hydrogens (tertiary/aromatic N) is 5. The molecule has 0 saturated carbocycles. The highest BCUT2D eigenvalue weighted by Crippen LogP contribution is 2.64. The second-order valence-electron chi connectivity index (χ2n) is 29.7. The van der Waals surface area contributed by atoms with Gasteiger partial charge in [0.25, 0.3) is 0 Å². The summed E-state index contributed by atoms with van der Waals surface area (Å²) in [6.07, 6.45) is 0. The molecule has 0 radical (unpaired) electrons. The second-order valence-corrected chi connectivity index (χ2v) is 29.7. The molecule has 100 heavy (non-hydrogen) atoms. The van der Waals surface area contributed by atoms with Crippen molar-refractivity contribution in [3.05, 3.63) is 355 Å². The van der Waals surface area contributed by atoms with Crippen molar-refractivity contribution in [2.24, 2.45) is 0 Å². The number of para-hydroxylation sites is 5. The molecule has 0 saturated heterocycles. The molecule has 0 atom stereocenters. The van der Waals surface area contributed by atoms with Gasteiger partial charge < -0.3 is 23.5 Å². The predicted molar refractivity (Wildman–Crippen MR) is 422 cm³/mol. The summed E-state index contributed by atoms with van der Waals surface area (Å²) in [5.41, 5.74) is 26.4. The smallest absolute Gasteiger partial charge is 0.0755 e. The highest BCUT2D eigenvalue weighted by atomic mass is 15.2. The summed E-state index contributed by atoms with van der Waals surface area (Å²) < 4.78 is 7.45. The van der Waals surface area contributed by atoms with Crippen molar-refractivity contribution in [3.63, 3.8) is 0 Å². The molecule has 1 spiro atoms. The van der Waals surface area contributed by atoms with E-state index in [4.69, 9.17) is 0 Å². The summed E-state index contributed by atoms with van der Waals surface area (Å²) in [5.74, 6) is 0. The Hall–Kier alpha value is -12.2. The van der Waals surface area contributed by atoms with E-state index in [-0.39, 0.29) is 10.8 Å². The molecule has 0 N–H and O–H groups in total. The van der Waals surface area contributed by atoms with E-state index in [0.717, 1.165) is 56.5 Å². The quantitative estimate of drug-likeness (QED) is 0.151. The van der Waals surface area contributed by atoms with Crippen LogP contribution in [-0.4, -0.2) is 13.7 Å². The normalized spacial score (nSPS) is 13.2. The molecule has 20 rings (SSSR count). The monoisotopic (exact) mass is 1280 g/mol. The molecular weight excluding hydrogens is 1210 g/mol. The summed E-state index contributed by atoms with van der Waals surface area (Å²) >= 11 is 0. The van der Waals surface area contributed by atoms with Gasteiger partial charge in [0.15, 0.2) is 0 Å². The Morgan fingerprint density at radius 2 is 0.620 bits per heavy atom. The van der Waals surface area contributed by atoms with E-state index in [9.17, 15) is 0 Å². The van der Waals surface area contributed by atoms with E-state index in [1.54, 1.807) is 0 Å². The molecule has 1 aliphatic carbocycles. The van der Waals surface area contributed by atoms with Crippen LogP contribution >= 0.6 is 0 Å². The molecule has 476 valence electrons. The van der Waals surface area contributed by atoms with Gasteiger partial charge in [-0.2, -0.15) is 0 Å². The molecule has 15 aromatic carbocycles. The van der Waals surface area contributed by atoms with Crippen LogP contribution in [0.4, 0.5) is 34.1 Å². The van der Waals surface area contributed by atoms with Gasteiger partial charge in [-0.15, -0.1) is 0 Å². The number of hydrogen-bond acceptors (Lipinski definition) is 2. The maximum Gasteiger partial charge on any atom is 0.0755 e. The number of rotatable bonds is 8. The SMILES string of the molecule is CC(C)(C)c1ccc(N(c2ccc3c(c2)c2ccccc2n3-c2ccccc2)c2ccc3c(c2)c2cc(N(c4ccc(C(C)(C)C)cc4)c4ccc5c(c4)c4ccccc4n5-c4ccccc4)cc4c2n3-c2ccccc2C42c3ccc4ccccc4c3-c3c2ccc2ccccc32)cc1. The Bertz CT molecular complexity index is 6320. The lowest BCUT2D eigenvalue weighted by Crippen LogP contribution is -2.33. The molecule has 4 heterocycles. The summed E-state index contributed by atoms with van der Waals surface area (Å²) in [7, 11) is 0. The number of fused-ring (bicyclic) bond motifs is 22. The fourth-order valence-electron chi connectivity index (χ4n) is 17.5. The minimum absolute atomic E-state index is 0.0343. The molecular formula is C95H71N5. The van der Waals surface area contributed by atoms with E-state index in [0.29, 0.717) is 0 Å². The van der Waals surface area contributed by atoms with Gasteiger partial charge in [0, 0.05) is 77.8 Å². The van der Waals surface area contributed by atoms with Gasteiger partial charge in [-0.3, -0.25) is 0 Å². The fraction of sp³-hybridized carbons (Fsp3) is 0.0947. The molecule has 0 fully saturated rings. The van der Waals surface area contributed by atoms with Crippen molar-refractivity contribution in [1.29, 1.82) is 0 Å². The molecule has 18 aromatic rings. The van der Waals surface area contributed by atoms with Crippen LogP contribution in [0.2, 0.25) is 0 Å². The Labute approximate surface area is 581 Å². The zero-order valence-corrected chi connectivity index (χ0v) is 56.8. The van der Waals surface area contributed by atoms with Gasteiger partial charge in [-0.25, -0.2) is 0 Å².